The van der Waals surface area contributed by atoms with E-state index >= 15 is 0 Å². The van der Waals surface area contributed by atoms with Gasteiger partial charge < -0.3 is 4.74 Å². The number of rotatable bonds is 7. The van der Waals surface area contributed by atoms with Crippen LogP contribution in [0.2, 0.25) is 0 Å². The van der Waals surface area contributed by atoms with Gasteiger partial charge >= 0.3 is 12.1 Å². The largest absolute Gasteiger partial charge is 0.463 e. The van der Waals surface area contributed by atoms with Crippen LogP contribution in [0.25, 0.3) is 0 Å². The molecule has 0 spiro atoms. The summed E-state index contributed by atoms with van der Waals surface area (Å²) >= 11 is 0. The molecule has 0 heterocycles. The Labute approximate surface area is 129 Å². The summed E-state index contributed by atoms with van der Waals surface area (Å²) in [5, 5.41) is 0. The first-order valence-electron chi connectivity index (χ1n) is 7.24. The first kappa shape index (κ1) is 18.3. The number of allylic oxidation sites excluding steroid dienone is 1. The van der Waals surface area contributed by atoms with Gasteiger partial charge in [0.05, 0.1) is 11.7 Å². The lowest BCUT2D eigenvalue weighted by atomic mass is 9.93. The standard InChI is InChI=1S/C17H21F3O2/c1-4-13(10-12(3)22-16(21)5-2)11-14-6-8-15(9-7-14)17(18,19)20/h4,6-9,12-13H,1,5,10-11H2,2-3H3. The molecular weight excluding hydrogens is 293 g/mol. The van der Waals surface area contributed by atoms with Gasteiger partial charge in [-0.3, -0.25) is 4.79 Å². The van der Waals surface area contributed by atoms with Crippen LogP contribution in [-0.2, 0) is 22.1 Å². The van der Waals surface area contributed by atoms with Crippen LogP contribution < -0.4 is 0 Å². The second-order valence-corrected chi connectivity index (χ2v) is 5.28. The Morgan fingerprint density at radius 2 is 1.91 bits per heavy atom. The van der Waals surface area contributed by atoms with Crippen LogP contribution in [0.4, 0.5) is 13.2 Å². The molecule has 2 nitrogen and oxygen atoms in total. The zero-order valence-electron chi connectivity index (χ0n) is 12.8. The normalized spacial score (nSPS) is 14.2. The SMILES string of the molecule is C=CC(Cc1ccc(C(F)(F)F)cc1)CC(C)OC(=O)CC. The number of ether oxygens (including phenoxy) is 1. The van der Waals surface area contributed by atoms with Crippen molar-refractivity contribution in [1.29, 1.82) is 0 Å². The zero-order valence-corrected chi connectivity index (χ0v) is 12.8. The molecule has 0 saturated carbocycles. The maximum Gasteiger partial charge on any atom is 0.416 e. The highest BCUT2D eigenvalue weighted by Crippen LogP contribution is 2.29. The summed E-state index contributed by atoms with van der Waals surface area (Å²) in [5.74, 6) is -0.221. The van der Waals surface area contributed by atoms with Crippen molar-refractivity contribution in [2.24, 2.45) is 5.92 Å². The van der Waals surface area contributed by atoms with Gasteiger partial charge in [0.25, 0.3) is 0 Å². The zero-order chi connectivity index (χ0) is 16.8. The van der Waals surface area contributed by atoms with E-state index in [1.165, 1.54) is 12.1 Å². The molecule has 0 aliphatic heterocycles. The molecular formula is C17H21F3O2. The Kier molecular flexibility index (Phi) is 6.65. The number of esters is 1. The molecule has 1 aromatic carbocycles. The van der Waals surface area contributed by atoms with Crippen molar-refractivity contribution >= 4 is 5.97 Å². The third-order valence-corrected chi connectivity index (χ3v) is 3.37. The topological polar surface area (TPSA) is 26.3 Å². The number of alkyl halides is 3. The smallest absolute Gasteiger partial charge is 0.416 e. The van der Waals surface area contributed by atoms with Crippen molar-refractivity contribution in [3.8, 4) is 0 Å². The molecule has 0 aliphatic carbocycles. The van der Waals surface area contributed by atoms with Crippen molar-refractivity contribution < 1.29 is 22.7 Å². The molecule has 0 aromatic heterocycles. The van der Waals surface area contributed by atoms with E-state index in [-0.39, 0.29) is 18.0 Å². The number of carbonyl (C=O) groups excluding carboxylic acids is 1. The van der Waals surface area contributed by atoms with Crippen LogP contribution in [0.5, 0.6) is 0 Å². The summed E-state index contributed by atoms with van der Waals surface area (Å²) in [6.07, 6.45) is -1.34. The third-order valence-electron chi connectivity index (χ3n) is 3.37. The van der Waals surface area contributed by atoms with Crippen LogP contribution >= 0.6 is 0 Å². The quantitative estimate of drug-likeness (QED) is 0.535. The number of halogens is 3. The lowest BCUT2D eigenvalue weighted by molar-refractivity contribution is -0.148. The fourth-order valence-corrected chi connectivity index (χ4v) is 2.18. The summed E-state index contributed by atoms with van der Waals surface area (Å²) in [6, 6.07) is 5.11. The molecule has 122 valence electrons. The molecule has 1 rings (SSSR count). The van der Waals surface area contributed by atoms with Crippen LogP contribution in [0.3, 0.4) is 0 Å². The molecule has 0 amide bonds. The van der Waals surface area contributed by atoms with Crippen LogP contribution in [0, 0.1) is 5.92 Å². The molecule has 0 bridgehead atoms. The summed E-state index contributed by atoms with van der Waals surface area (Å²) in [6.45, 7) is 7.27. The Morgan fingerprint density at radius 1 is 1.32 bits per heavy atom. The average molecular weight is 314 g/mol. The number of hydrogen-bond donors (Lipinski definition) is 0. The summed E-state index contributed by atoms with van der Waals surface area (Å²) < 4.78 is 42.7. The van der Waals surface area contributed by atoms with Crippen molar-refractivity contribution in [3.63, 3.8) is 0 Å². The fourth-order valence-electron chi connectivity index (χ4n) is 2.18. The molecule has 0 saturated heterocycles. The summed E-state index contributed by atoms with van der Waals surface area (Å²) in [5.41, 5.74) is 0.142. The van der Waals surface area contributed by atoms with Crippen molar-refractivity contribution in [2.45, 2.75) is 45.4 Å². The van der Waals surface area contributed by atoms with Crippen molar-refractivity contribution in [1.82, 2.24) is 0 Å². The molecule has 22 heavy (non-hydrogen) atoms. The molecule has 2 atom stereocenters. The maximum absolute atomic E-state index is 12.5. The van der Waals surface area contributed by atoms with Gasteiger partial charge in [-0.1, -0.05) is 25.1 Å². The lowest BCUT2D eigenvalue weighted by Gasteiger charge is -2.18. The van der Waals surface area contributed by atoms with E-state index in [0.29, 0.717) is 19.3 Å². The predicted octanol–water partition coefficient (Wildman–Crippen LogP) is 4.78. The van der Waals surface area contributed by atoms with Crippen LogP contribution in [0.1, 0.15) is 37.8 Å². The fraction of sp³-hybridized carbons (Fsp3) is 0.471. The summed E-state index contributed by atoms with van der Waals surface area (Å²) in [4.78, 5) is 11.2. The van der Waals surface area contributed by atoms with E-state index < -0.39 is 11.7 Å². The highest BCUT2D eigenvalue weighted by atomic mass is 19.4. The number of benzene rings is 1. The summed E-state index contributed by atoms with van der Waals surface area (Å²) in [7, 11) is 0. The monoisotopic (exact) mass is 314 g/mol. The van der Waals surface area contributed by atoms with Gasteiger partial charge in [-0.05, 0) is 43.4 Å². The second-order valence-electron chi connectivity index (χ2n) is 5.28. The molecule has 5 heteroatoms. The minimum absolute atomic E-state index is 0.0383. The number of carbonyl (C=O) groups is 1. The van der Waals surface area contributed by atoms with Crippen LogP contribution in [0.15, 0.2) is 36.9 Å². The lowest BCUT2D eigenvalue weighted by Crippen LogP contribution is -2.18. The molecule has 0 aliphatic rings. The third kappa shape index (κ3) is 5.92. The van der Waals surface area contributed by atoms with Crippen LogP contribution in [-0.4, -0.2) is 12.1 Å². The molecule has 0 radical (unpaired) electrons. The van der Waals surface area contributed by atoms with E-state index in [2.05, 4.69) is 6.58 Å². The molecule has 1 aromatic rings. The van der Waals surface area contributed by atoms with E-state index in [1.807, 2.05) is 0 Å². The van der Waals surface area contributed by atoms with Crippen molar-refractivity contribution in [3.05, 3.63) is 48.0 Å². The second kappa shape index (κ2) is 8.01. The minimum atomic E-state index is -4.32. The highest BCUT2D eigenvalue weighted by molar-refractivity contribution is 5.69. The Hall–Kier alpha value is -1.78. The van der Waals surface area contributed by atoms with E-state index in [9.17, 15) is 18.0 Å². The molecule has 2 unspecified atom stereocenters. The van der Waals surface area contributed by atoms with Gasteiger partial charge in [0.15, 0.2) is 0 Å². The Morgan fingerprint density at radius 3 is 2.36 bits per heavy atom. The predicted molar refractivity (Wildman–Crippen MR) is 79.3 cm³/mol. The first-order valence-corrected chi connectivity index (χ1v) is 7.24. The van der Waals surface area contributed by atoms with E-state index in [4.69, 9.17) is 4.74 Å². The van der Waals surface area contributed by atoms with Gasteiger partial charge in [0.2, 0.25) is 0 Å². The minimum Gasteiger partial charge on any atom is -0.463 e. The van der Waals surface area contributed by atoms with Gasteiger partial charge in [-0.25, -0.2) is 0 Å². The average Bonchev–Trinajstić information content (AvgIpc) is 2.45. The van der Waals surface area contributed by atoms with E-state index in [1.54, 1.807) is 19.9 Å². The van der Waals surface area contributed by atoms with Gasteiger partial charge in [-0.15, -0.1) is 6.58 Å². The van der Waals surface area contributed by atoms with Gasteiger partial charge in [-0.2, -0.15) is 13.2 Å². The highest BCUT2D eigenvalue weighted by Gasteiger charge is 2.30. The van der Waals surface area contributed by atoms with E-state index in [0.717, 1.165) is 17.7 Å². The Bertz CT molecular complexity index is 492. The molecule has 0 fully saturated rings. The maximum atomic E-state index is 12.5. The first-order chi connectivity index (χ1) is 10.3. The van der Waals surface area contributed by atoms with Crippen molar-refractivity contribution in [2.75, 3.05) is 0 Å². The Balaban J connectivity index is 2.62. The van der Waals surface area contributed by atoms with Gasteiger partial charge in [0, 0.05) is 6.42 Å². The number of hydrogen-bond acceptors (Lipinski definition) is 2. The van der Waals surface area contributed by atoms with Gasteiger partial charge in [0.1, 0.15) is 0 Å². The molecule has 0 N–H and O–H groups in total.